The van der Waals surface area contributed by atoms with Crippen LogP contribution >= 0.6 is 35.6 Å². The van der Waals surface area contributed by atoms with Gasteiger partial charge in [0.2, 0.25) is 0 Å². The van der Waals surface area contributed by atoms with Gasteiger partial charge < -0.3 is 4.74 Å². The average molecular weight is 446 g/mol. The van der Waals surface area contributed by atoms with E-state index in [0.717, 1.165) is 22.9 Å². The van der Waals surface area contributed by atoms with E-state index in [4.69, 9.17) is 28.6 Å². The molecule has 2 aromatic rings. The Bertz CT molecular complexity index is 1050. The molecule has 0 atom stereocenters. The number of ketones is 1. The predicted molar refractivity (Wildman–Crippen MR) is 118 cm³/mol. The van der Waals surface area contributed by atoms with Crippen molar-refractivity contribution >= 4 is 63.6 Å². The van der Waals surface area contributed by atoms with Crippen molar-refractivity contribution in [3.63, 3.8) is 0 Å². The minimum atomic E-state index is -0.548. The van der Waals surface area contributed by atoms with E-state index in [1.165, 1.54) is 11.8 Å². The molecule has 1 amide bonds. The Labute approximate surface area is 182 Å². The summed E-state index contributed by atoms with van der Waals surface area (Å²) in [5, 5.41) is 0.333. The van der Waals surface area contributed by atoms with Gasteiger partial charge in [-0.1, -0.05) is 53.8 Å². The number of Topliss-reactive ketones (excluding diaryl/α,β-unsaturated/α-hetero) is 1. The van der Waals surface area contributed by atoms with E-state index >= 15 is 0 Å². The van der Waals surface area contributed by atoms with Gasteiger partial charge in [-0.2, -0.15) is 0 Å². The zero-order chi connectivity index (χ0) is 21.1. The third-order valence-corrected chi connectivity index (χ3v) is 5.68. The highest BCUT2D eigenvalue weighted by Crippen LogP contribution is 2.32. The lowest BCUT2D eigenvalue weighted by Crippen LogP contribution is -2.32. The highest BCUT2D eigenvalue weighted by molar-refractivity contribution is 8.26. The zero-order valence-electron chi connectivity index (χ0n) is 15.6. The van der Waals surface area contributed by atoms with Gasteiger partial charge in [-0.3, -0.25) is 14.5 Å². The second-order valence-electron chi connectivity index (χ2n) is 6.41. The van der Waals surface area contributed by atoms with Gasteiger partial charge >= 0.3 is 5.97 Å². The first kappa shape index (κ1) is 21.2. The van der Waals surface area contributed by atoms with Crippen LogP contribution in [0.15, 0.2) is 47.4 Å². The lowest BCUT2D eigenvalue weighted by atomic mass is 10.1. The van der Waals surface area contributed by atoms with Crippen molar-refractivity contribution in [1.82, 2.24) is 4.90 Å². The Morgan fingerprint density at radius 3 is 2.52 bits per heavy atom. The van der Waals surface area contributed by atoms with Crippen molar-refractivity contribution < 1.29 is 19.1 Å². The summed E-state index contributed by atoms with van der Waals surface area (Å²) >= 11 is 12.4. The molecule has 1 heterocycles. The van der Waals surface area contributed by atoms with E-state index in [1.807, 2.05) is 6.92 Å². The fourth-order valence-electron chi connectivity index (χ4n) is 2.59. The van der Waals surface area contributed by atoms with Gasteiger partial charge in [0.05, 0.1) is 22.0 Å². The number of hydrogen-bond acceptors (Lipinski definition) is 6. The number of halogens is 1. The Kier molecular flexibility index (Phi) is 6.52. The zero-order valence-corrected chi connectivity index (χ0v) is 18.0. The Hall–Kier alpha value is -2.48. The van der Waals surface area contributed by atoms with Gasteiger partial charge in [0.1, 0.15) is 15.9 Å². The van der Waals surface area contributed by atoms with Crippen LogP contribution in [0.3, 0.4) is 0 Å². The molecule has 0 radical (unpaired) electrons. The molecule has 3 rings (SSSR count). The van der Waals surface area contributed by atoms with Crippen molar-refractivity contribution in [2.45, 2.75) is 13.8 Å². The van der Waals surface area contributed by atoms with E-state index in [1.54, 1.807) is 48.5 Å². The maximum atomic E-state index is 12.4. The number of thiocarbonyl (C=S) groups is 1. The van der Waals surface area contributed by atoms with Crippen molar-refractivity contribution in [2.75, 3.05) is 6.54 Å². The van der Waals surface area contributed by atoms with Crippen LogP contribution in [0.1, 0.15) is 28.4 Å². The molecule has 1 aliphatic heterocycles. The smallest absolute Gasteiger partial charge is 0.345 e. The number of rotatable bonds is 5. The molecule has 1 aliphatic rings. The van der Waals surface area contributed by atoms with E-state index in [2.05, 4.69) is 0 Å². The molecule has 0 unspecified atom stereocenters. The number of nitrogens with zero attached hydrogens (tertiary/aromatic N) is 1. The number of thioether (sulfide) groups is 1. The second-order valence-corrected chi connectivity index (χ2v) is 8.49. The van der Waals surface area contributed by atoms with Crippen LogP contribution in [-0.2, 0) is 9.59 Å². The molecule has 0 aliphatic carbocycles. The molecule has 1 fully saturated rings. The van der Waals surface area contributed by atoms with E-state index < -0.39 is 5.97 Å². The summed E-state index contributed by atoms with van der Waals surface area (Å²) in [6.45, 7) is 3.26. The van der Waals surface area contributed by atoms with Crippen LogP contribution in [0.25, 0.3) is 6.08 Å². The SMILES string of the molecule is CC(=O)CN1C(=O)/C(=C/c2ccc(OC(=O)c3ccc(C)cc3Cl)cc2)SC1=S. The molecular weight excluding hydrogens is 430 g/mol. The van der Waals surface area contributed by atoms with Crippen molar-refractivity contribution in [3.05, 3.63) is 69.1 Å². The molecule has 2 aromatic carbocycles. The summed E-state index contributed by atoms with van der Waals surface area (Å²) in [6, 6.07) is 11.8. The number of benzene rings is 2. The molecule has 5 nitrogen and oxygen atoms in total. The standard InChI is InChI=1S/C21H16ClNO4S2/c1-12-3-8-16(17(22)9-12)20(26)27-15-6-4-14(5-7-15)10-18-19(25)23(11-13(2)24)21(28)29-18/h3-10H,11H2,1-2H3/b18-10-. The van der Waals surface area contributed by atoms with Crippen molar-refractivity contribution in [3.8, 4) is 5.75 Å². The monoisotopic (exact) mass is 445 g/mol. The van der Waals surface area contributed by atoms with Gasteiger partial charge in [-0.25, -0.2) is 4.79 Å². The molecule has 8 heteroatoms. The molecule has 1 saturated heterocycles. The topological polar surface area (TPSA) is 63.7 Å². The fourth-order valence-corrected chi connectivity index (χ4v) is 4.16. The number of carbonyl (C=O) groups is 3. The van der Waals surface area contributed by atoms with Gasteiger partial charge in [0, 0.05) is 0 Å². The Morgan fingerprint density at radius 1 is 1.21 bits per heavy atom. The van der Waals surface area contributed by atoms with Crippen LogP contribution in [0.5, 0.6) is 5.75 Å². The minimum absolute atomic E-state index is 0.0293. The molecule has 0 saturated carbocycles. The predicted octanol–water partition coefficient (Wildman–Crippen LogP) is 4.66. The van der Waals surface area contributed by atoms with Crippen LogP contribution in [-0.4, -0.2) is 33.4 Å². The summed E-state index contributed by atoms with van der Waals surface area (Å²) in [4.78, 5) is 37.7. The number of ether oxygens (including phenoxy) is 1. The minimum Gasteiger partial charge on any atom is -0.423 e. The quantitative estimate of drug-likeness (QED) is 0.289. The third kappa shape index (κ3) is 5.12. The maximum absolute atomic E-state index is 12.4. The molecule has 29 heavy (non-hydrogen) atoms. The van der Waals surface area contributed by atoms with Crippen molar-refractivity contribution in [1.29, 1.82) is 0 Å². The summed E-state index contributed by atoms with van der Waals surface area (Å²) in [5.74, 6) is -0.622. The lowest BCUT2D eigenvalue weighted by molar-refractivity contribution is -0.126. The Balaban J connectivity index is 1.71. The van der Waals surface area contributed by atoms with E-state index in [0.29, 0.717) is 20.0 Å². The van der Waals surface area contributed by atoms with Gasteiger partial charge in [0.15, 0.2) is 0 Å². The maximum Gasteiger partial charge on any atom is 0.345 e. The van der Waals surface area contributed by atoms with Crippen LogP contribution < -0.4 is 4.74 Å². The average Bonchev–Trinajstić information content (AvgIpc) is 2.90. The summed E-state index contributed by atoms with van der Waals surface area (Å²) in [7, 11) is 0. The first-order valence-electron chi connectivity index (χ1n) is 8.58. The summed E-state index contributed by atoms with van der Waals surface area (Å²) < 4.78 is 5.72. The van der Waals surface area contributed by atoms with Gasteiger partial charge in [0.25, 0.3) is 5.91 Å². The largest absolute Gasteiger partial charge is 0.423 e. The second kappa shape index (κ2) is 8.90. The molecule has 0 spiro atoms. The first-order chi connectivity index (χ1) is 13.7. The molecule has 0 bridgehead atoms. The number of aryl methyl sites for hydroxylation is 1. The van der Waals surface area contributed by atoms with Gasteiger partial charge in [-0.15, -0.1) is 0 Å². The van der Waals surface area contributed by atoms with Gasteiger partial charge in [-0.05, 0) is 55.3 Å². The normalized spacial score (nSPS) is 15.1. The van der Waals surface area contributed by atoms with E-state index in [-0.39, 0.29) is 23.8 Å². The molecule has 0 aromatic heterocycles. The Morgan fingerprint density at radius 2 is 1.90 bits per heavy atom. The molecule has 0 N–H and O–H groups in total. The van der Waals surface area contributed by atoms with Crippen LogP contribution in [0.4, 0.5) is 0 Å². The number of carbonyl (C=O) groups excluding carboxylic acids is 3. The lowest BCUT2D eigenvalue weighted by Gasteiger charge is -2.11. The highest BCUT2D eigenvalue weighted by Gasteiger charge is 2.32. The summed E-state index contributed by atoms with van der Waals surface area (Å²) in [6.07, 6.45) is 1.68. The first-order valence-corrected chi connectivity index (χ1v) is 10.2. The van der Waals surface area contributed by atoms with Crippen LogP contribution in [0, 0.1) is 6.92 Å². The molecule has 148 valence electrons. The van der Waals surface area contributed by atoms with Crippen LogP contribution in [0.2, 0.25) is 5.02 Å². The molecular formula is C21H16ClNO4S2. The number of hydrogen-bond donors (Lipinski definition) is 0. The highest BCUT2D eigenvalue weighted by atomic mass is 35.5. The fraction of sp³-hybridized carbons (Fsp3) is 0.143. The number of esters is 1. The number of amides is 1. The van der Waals surface area contributed by atoms with E-state index in [9.17, 15) is 14.4 Å². The summed E-state index contributed by atoms with van der Waals surface area (Å²) in [5.41, 5.74) is 1.97. The van der Waals surface area contributed by atoms with Crippen molar-refractivity contribution in [2.24, 2.45) is 0 Å². The third-order valence-electron chi connectivity index (χ3n) is 3.99.